The molecule has 0 amide bonds. The summed E-state index contributed by atoms with van der Waals surface area (Å²) in [7, 11) is 0. The summed E-state index contributed by atoms with van der Waals surface area (Å²) in [4.78, 5) is 12.6. The third kappa shape index (κ3) is 2.28. The Kier molecular flexibility index (Phi) is 3.20. The van der Waals surface area contributed by atoms with Gasteiger partial charge in [-0.2, -0.15) is 5.10 Å². The Labute approximate surface area is 119 Å². The van der Waals surface area contributed by atoms with E-state index in [0.29, 0.717) is 18.2 Å². The lowest BCUT2D eigenvalue weighted by molar-refractivity contribution is -0.120. The van der Waals surface area contributed by atoms with Crippen LogP contribution in [0.15, 0.2) is 42.6 Å². The smallest absolute Gasteiger partial charge is 0.149 e. The Bertz CT molecular complexity index is 609. The predicted molar refractivity (Wildman–Crippen MR) is 78.7 cm³/mol. The van der Waals surface area contributed by atoms with Crippen LogP contribution in [0.3, 0.4) is 0 Å². The number of nitrogens with zero attached hydrogens (tertiary/aromatic N) is 2. The molecule has 3 heteroatoms. The van der Waals surface area contributed by atoms with Crippen LogP contribution in [-0.2, 0) is 16.6 Å². The van der Waals surface area contributed by atoms with Gasteiger partial charge in [0.2, 0.25) is 0 Å². The quantitative estimate of drug-likeness (QED) is 0.834. The molecule has 0 N–H and O–H groups in total. The normalized spacial score (nSPS) is 16.4. The van der Waals surface area contributed by atoms with Crippen LogP contribution in [0, 0.1) is 0 Å². The molecule has 1 aliphatic carbocycles. The molecule has 0 radical (unpaired) electrons. The highest BCUT2D eigenvalue weighted by Gasteiger charge is 2.50. The molecule has 0 aliphatic heterocycles. The Hall–Kier alpha value is -1.90. The van der Waals surface area contributed by atoms with Crippen molar-refractivity contribution in [2.45, 2.75) is 44.6 Å². The van der Waals surface area contributed by atoms with E-state index in [9.17, 15) is 4.79 Å². The lowest BCUT2D eigenvalue weighted by atomic mass is 9.89. The zero-order valence-electron chi connectivity index (χ0n) is 12.0. The molecule has 20 heavy (non-hydrogen) atoms. The highest BCUT2D eigenvalue weighted by atomic mass is 16.1. The Morgan fingerprint density at radius 2 is 1.95 bits per heavy atom. The predicted octanol–water partition coefficient (Wildman–Crippen LogP) is 3.31. The summed E-state index contributed by atoms with van der Waals surface area (Å²) in [5.41, 5.74) is 1.81. The molecule has 1 heterocycles. The number of benzene rings is 1. The van der Waals surface area contributed by atoms with Gasteiger partial charge in [-0.1, -0.05) is 30.3 Å². The van der Waals surface area contributed by atoms with Crippen molar-refractivity contribution >= 4 is 5.78 Å². The van der Waals surface area contributed by atoms with Gasteiger partial charge in [-0.15, -0.1) is 0 Å². The SMILES string of the molecule is CC(C)n1ccc(CC(=O)C2(c3ccccc3)CC2)n1. The Morgan fingerprint density at radius 3 is 2.50 bits per heavy atom. The number of aromatic nitrogens is 2. The molecule has 104 valence electrons. The molecule has 0 atom stereocenters. The summed E-state index contributed by atoms with van der Waals surface area (Å²) in [6.07, 6.45) is 4.34. The topological polar surface area (TPSA) is 34.9 Å². The van der Waals surface area contributed by atoms with Gasteiger partial charge >= 0.3 is 0 Å². The summed E-state index contributed by atoms with van der Waals surface area (Å²) in [5.74, 6) is 0.303. The van der Waals surface area contributed by atoms with Gasteiger partial charge in [0.15, 0.2) is 0 Å². The third-order valence-corrected chi connectivity index (χ3v) is 4.14. The van der Waals surface area contributed by atoms with Gasteiger partial charge in [0.05, 0.1) is 17.5 Å². The molecule has 1 aromatic carbocycles. The maximum atomic E-state index is 12.6. The minimum absolute atomic E-state index is 0.233. The first-order valence-corrected chi connectivity index (χ1v) is 7.25. The molecule has 0 saturated heterocycles. The molecule has 1 aromatic heterocycles. The van der Waals surface area contributed by atoms with Gasteiger partial charge in [0.25, 0.3) is 0 Å². The number of rotatable bonds is 5. The fraction of sp³-hybridized carbons (Fsp3) is 0.412. The Morgan fingerprint density at radius 1 is 1.25 bits per heavy atom. The fourth-order valence-corrected chi connectivity index (χ4v) is 2.70. The van der Waals surface area contributed by atoms with Gasteiger partial charge in [0.1, 0.15) is 5.78 Å². The van der Waals surface area contributed by atoms with Crippen LogP contribution >= 0.6 is 0 Å². The Balaban J connectivity index is 1.76. The largest absolute Gasteiger partial charge is 0.298 e. The van der Waals surface area contributed by atoms with E-state index in [1.54, 1.807) is 0 Å². The maximum absolute atomic E-state index is 12.6. The van der Waals surface area contributed by atoms with E-state index in [1.165, 1.54) is 0 Å². The van der Waals surface area contributed by atoms with Crippen molar-refractivity contribution in [3.8, 4) is 0 Å². The molecule has 0 unspecified atom stereocenters. The van der Waals surface area contributed by atoms with Crippen LogP contribution in [-0.4, -0.2) is 15.6 Å². The van der Waals surface area contributed by atoms with Gasteiger partial charge in [-0.25, -0.2) is 0 Å². The summed E-state index contributed by atoms with van der Waals surface area (Å²) in [5, 5.41) is 4.48. The molecule has 1 aliphatic rings. The molecule has 3 nitrogen and oxygen atoms in total. The second-order valence-corrected chi connectivity index (χ2v) is 5.93. The first-order valence-electron chi connectivity index (χ1n) is 7.25. The summed E-state index contributed by atoms with van der Waals surface area (Å²) in [6, 6.07) is 12.4. The zero-order chi connectivity index (χ0) is 14.2. The monoisotopic (exact) mass is 268 g/mol. The number of hydrogen-bond acceptors (Lipinski definition) is 2. The van der Waals surface area contributed by atoms with E-state index >= 15 is 0 Å². The van der Waals surface area contributed by atoms with Crippen molar-refractivity contribution in [2.75, 3.05) is 0 Å². The van der Waals surface area contributed by atoms with Gasteiger partial charge < -0.3 is 0 Å². The van der Waals surface area contributed by atoms with Crippen LogP contribution < -0.4 is 0 Å². The average molecular weight is 268 g/mol. The summed E-state index contributed by atoms with van der Waals surface area (Å²) >= 11 is 0. The van der Waals surface area contributed by atoms with Crippen molar-refractivity contribution in [2.24, 2.45) is 0 Å². The molecular weight excluding hydrogens is 248 g/mol. The molecule has 2 aromatic rings. The second-order valence-electron chi connectivity index (χ2n) is 5.93. The zero-order valence-corrected chi connectivity index (χ0v) is 12.0. The third-order valence-electron chi connectivity index (χ3n) is 4.14. The van der Waals surface area contributed by atoms with E-state index in [0.717, 1.165) is 24.1 Å². The highest BCUT2D eigenvalue weighted by Crippen LogP contribution is 2.49. The number of hydrogen-bond donors (Lipinski definition) is 0. The number of carbonyl (C=O) groups is 1. The van der Waals surface area contributed by atoms with Crippen molar-refractivity contribution in [3.05, 3.63) is 53.9 Å². The molecule has 3 rings (SSSR count). The number of Topliss-reactive ketones (excluding diaryl/α,β-unsaturated/α-hetero) is 1. The highest BCUT2D eigenvalue weighted by molar-refractivity contribution is 5.94. The molecule has 0 bridgehead atoms. The average Bonchev–Trinajstić information content (AvgIpc) is 3.14. The molecule has 1 fully saturated rings. The van der Waals surface area contributed by atoms with Crippen molar-refractivity contribution < 1.29 is 4.79 Å². The van der Waals surface area contributed by atoms with Crippen molar-refractivity contribution in [3.63, 3.8) is 0 Å². The van der Waals surface area contributed by atoms with Gasteiger partial charge in [-0.05, 0) is 38.3 Å². The van der Waals surface area contributed by atoms with Crippen LogP contribution in [0.2, 0.25) is 0 Å². The first-order chi connectivity index (χ1) is 9.62. The van der Waals surface area contributed by atoms with Crippen LogP contribution in [0.4, 0.5) is 0 Å². The fourth-order valence-electron chi connectivity index (χ4n) is 2.70. The summed E-state index contributed by atoms with van der Waals surface area (Å²) in [6.45, 7) is 4.18. The standard InChI is InChI=1S/C17H20N2O/c1-13(2)19-11-8-15(18-19)12-16(20)17(9-10-17)14-6-4-3-5-7-14/h3-8,11,13H,9-10,12H2,1-2H3. The van der Waals surface area contributed by atoms with Crippen LogP contribution in [0.25, 0.3) is 0 Å². The van der Waals surface area contributed by atoms with E-state index in [-0.39, 0.29) is 5.41 Å². The van der Waals surface area contributed by atoms with E-state index in [1.807, 2.05) is 35.1 Å². The van der Waals surface area contributed by atoms with E-state index in [2.05, 4.69) is 31.1 Å². The van der Waals surface area contributed by atoms with E-state index in [4.69, 9.17) is 0 Å². The van der Waals surface area contributed by atoms with Gasteiger partial charge in [-0.3, -0.25) is 9.48 Å². The van der Waals surface area contributed by atoms with Crippen molar-refractivity contribution in [1.29, 1.82) is 0 Å². The second kappa shape index (κ2) is 4.89. The first kappa shape index (κ1) is 13.1. The van der Waals surface area contributed by atoms with Gasteiger partial charge in [0, 0.05) is 12.2 Å². The maximum Gasteiger partial charge on any atom is 0.149 e. The van der Waals surface area contributed by atoms with Crippen molar-refractivity contribution in [1.82, 2.24) is 9.78 Å². The molecule has 1 saturated carbocycles. The van der Waals surface area contributed by atoms with E-state index < -0.39 is 0 Å². The van der Waals surface area contributed by atoms with Crippen LogP contribution in [0.1, 0.15) is 44.0 Å². The molecular formula is C17H20N2O. The van der Waals surface area contributed by atoms with Crippen LogP contribution in [0.5, 0.6) is 0 Å². The number of carbonyl (C=O) groups excluding carboxylic acids is 1. The minimum atomic E-state index is -0.233. The lowest BCUT2D eigenvalue weighted by Crippen LogP contribution is -2.22. The minimum Gasteiger partial charge on any atom is -0.298 e. The summed E-state index contributed by atoms with van der Waals surface area (Å²) < 4.78 is 1.91. The lowest BCUT2D eigenvalue weighted by Gasteiger charge is -2.13. The molecule has 0 spiro atoms. The number of ketones is 1.